The highest BCUT2D eigenvalue weighted by Gasteiger charge is 2.36. The summed E-state index contributed by atoms with van der Waals surface area (Å²) in [5, 5.41) is 12.5. The summed E-state index contributed by atoms with van der Waals surface area (Å²) in [5.41, 5.74) is 0.882. The van der Waals surface area contributed by atoms with E-state index in [4.69, 9.17) is 4.74 Å². The quantitative estimate of drug-likeness (QED) is 0.702. The molecule has 2 heterocycles. The Labute approximate surface area is 186 Å². The maximum absolute atomic E-state index is 13.1. The second-order valence-corrected chi connectivity index (χ2v) is 11.0. The molecule has 0 radical (unpaired) electrons. The normalized spacial score (nSPS) is 25.0. The van der Waals surface area contributed by atoms with Gasteiger partial charge in [-0.1, -0.05) is 28.1 Å². The lowest BCUT2D eigenvalue weighted by Crippen LogP contribution is -2.57. The third kappa shape index (κ3) is 4.51. The van der Waals surface area contributed by atoms with Gasteiger partial charge < -0.3 is 9.84 Å². The van der Waals surface area contributed by atoms with Crippen molar-refractivity contribution in [2.24, 2.45) is 0 Å². The fourth-order valence-electron chi connectivity index (χ4n) is 4.34. The third-order valence-corrected chi connectivity index (χ3v) is 8.28. The number of ether oxygens (including phenoxy) is 1. The highest BCUT2D eigenvalue weighted by atomic mass is 79.9. The largest absolute Gasteiger partial charge is 0.508 e. The molecule has 1 N–H and O–H groups in total. The summed E-state index contributed by atoms with van der Waals surface area (Å²) in [6.45, 7) is 7.33. The fraction of sp³-hybridized carbons (Fsp3) is 0.524. The van der Waals surface area contributed by atoms with Gasteiger partial charge >= 0.3 is 0 Å². The van der Waals surface area contributed by atoms with Crippen LogP contribution in [0.3, 0.4) is 0 Å². The molecule has 2 fully saturated rings. The molecule has 0 aromatic heterocycles. The number of benzene rings is 2. The molecule has 2 aliphatic rings. The number of fused-ring (bicyclic) bond motifs is 1. The Hall–Kier alpha value is -1.23. The molecule has 2 aromatic carbocycles. The molecule has 0 amide bonds. The van der Waals surface area contributed by atoms with Crippen molar-refractivity contribution in [3.05, 3.63) is 40.4 Å². The van der Waals surface area contributed by atoms with Gasteiger partial charge in [-0.15, -0.1) is 0 Å². The van der Waals surface area contributed by atoms with E-state index in [1.165, 1.54) is 0 Å². The van der Waals surface area contributed by atoms with Crippen LogP contribution in [0.4, 0.5) is 0 Å². The number of piperazine rings is 1. The zero-order valence-electron chi connectivity index (χ0n) is 17.3. The van der Waals surface area contributed by atoms with Crippen molar-refractivity contribution in [3.8, 4) is 5.75 Å². The number of hydrogen-bond donors (Lipinski definition) is 1. The van der Waals surface area contributed by atoms with Crippen molar-refractivity contribution in [3.63, 3.8) is 0 Å². The lowest BCUT2D eigenvalue weighted by Gasteiger charge is -2.40. The van der Waals surface area contributed by atoms with Gasteiger partial charge in [-0.3, -0.25) is 4.90 Å². The second kappa shape index (κ2) is 8.72. The first-order valence-electron chi connectivity index (χ1n) is 10.3. The van der Waals surface area contributed by atoms with Crippen molar-refractivity contribution >= 4 is 36.9 Å². The molecule has 2 aliphatic heterocycles. The van der Waals surface area contributed by atoms with E-state index in [0.29, 0.717) is 45.8 Å². The van der Waals surface area contributed by atoms with Crippen LogP contribution in [-0.2, 0) is 21.5 Å². The maximum Gasteiger partial charge on any atom is 0.282 e. The molecule has 30 heavy (non-hydrogen) atoms. The molecule has 2 atom stereocenters. The molecule has 2 unspecified atom stereocenters. The minimum atomic E-state index is -3.49. The summed E-state index contributed by atoms with van der Waals surface area (Å²) >= 11 is 3.49. The average molecular weight is 498 g/mol. The van der Waals surface area contributed by atoms with Crippen LogP contribution >= 0.6 is 15.9 Å². The Balaban J connectivity index is 1.44. The van der Waals surface area contributed by atoms with Crippen LogP contribution in [0.5, 0.6) is 5.75 Å². The highest BCUT2D eigenvalue weighted by Crippen LogP contribution is 2.31. The van der Waals surface area contributed by atoms with Crippen molar-refractivity contribution in [2.75, 3.05) is 39.3 Å². The van der Waals surface area contributed by atoms with E-state index in [2.05, 4.69) is 20.8 Å². The molecule has 0 aliphatic carbocycles. The van der Waals surface area contributed by atoms with E-state index in [9.17, 15) is 13.5 Å². The number of aromatic hydroxyl groups is 1. The van der Waals surface area contributed by atoms with Crippen LogP contribution in [0.15, 0.2) is 34.8 Å². The minimum Gasteiger partial charge on any atom is -0.508 e. The van der Waals surface area contributed by atoms with Gasteiger partial charge in [0.25, 0.3) is 10.2 Å². The first-order chi connectivity index (χ1) is 14.2. The molecule has 2 saturated heterocycles. The minimum absolute atomic E-state index is 0.0980. The molecule has 0 saturated carbocycles. The number of phenolic OH excluding ortho intramolecular Hbond substituents is 1. The number of halogens is 1. The predicted octanol–water partition coefficient (Wildman–Crippen LogP) is 2.78. The Bertz CT molecular complexity index is 1010. The number of morpholine rings is 1. The molecule has 2 aromatic rings. The van der Waals surface area contributed by atoms with Gasteiger partial charge in [0.15, 0.2) is 0 Å². The topological polar surface area (TPSA) is 73.3 Å². The summed E-state index contributed by atoms with van der Waals surface area (Å²) in [4.78, 5) is 2.20. The van der Waals surface area contributed by atoms with Crippen molar-refractivity contribution in [1.82, 2.24) is 13.5 Å². The van der Waals surface area contributed by atoms with Crippen molar-refractivity contribution in [2.45, 2.75) is 32.6 Å². The Kier molecular flexibility index (Phi) is 6.39. The van der Waals surface area contributed by atoms with Gasteiger partial charge in [-0.05, 0) is 42.8 Å². The van der Waals surface area contributed by atoms with E-state index in [1.807, 2.05) is 38.1 Å². The number of phenols is 1. The third-order valence-electron chi connectivity index (χ3n) is 5.82. The summed E-state index contributed by atoms with van der Waals surface area (Å²) in [6.07, 6.45) is -0.196. The highest BCUT2D eigenvalue weighted by molar-refractivity contribution is 9.10. The fourth-order valence-corrected chi connectivity index (χ4v) is 6.47. The van der Waals surface area contributed by atoms with Crippen LogP contribution in [0.1, 0.15) is 19.4 Å². The number of hydrogen-bond acceptors (Lipinski definition) is 5. The average Bonchev–Trinajstić information content (AvgIpc) is 2.70. The van der Waals surface area contributed by atoms with E-state index in [0.717, 1.165) is 20.8 Å². The van der Waals surface area contributed by atoms with Gasteiger partial charge in [0.2, 0.25) is 0 Å². The van der Waals surface area contributed by atoms with Gasteiger partial charge in [-0.2, -0.15) is 17.0 Å². The van der Waals surface area contributed by atoms with Gasteiger partial charge in [0, 0.05) is 55.8 Å². The van der Waals surface area contributed by atoms with Gasteiger partial charge in [-0.25, -0.2) is 0 Å². The van der Waals surface area contributed by atoms with E-state index >= 15 is 0 Å². The monoisotopic (exact) mass is 497 g/mol. The Morgan fingerprint density at radius 1 is 1.03 bits per heavy atom. The standard InChI is InChI=1S/C21H28BrN3O4S/c1-15-12-25(13-16(2)29-15)30(27,28)24-9-7-23(8-10-24)14-20-19-5-4-18(22)11-17(19)3-6-21(20)26/h3-6,11,15-16,26H,7-10,12-14H2,1-2H3. The SMILES string of the molecule is CC1CN(S(=O)(=O)N2CCN(Cc3c(O)ccc4cc(Br)ccc34)CC2)CC(C)O1. The smallest absolute Gasteiger partial charge is 0.282 e. The van der Waals surface area contributed by atoms with Crippen molar-refractivity contribution in [1.29, 1.82) is 0 Å². The van der Waals surface area contributed by atoms with Gasteiger partial charge in [0.1, 0.15) is 5.75 Å². The van der Waals surface area contributed by atoms with Crippen LogP contribution in [-0.4, -0.2) is 78.5 Å². The van der Waals surface area contributed by atoms with Crippen molar-refractivity contribution < 1.29 is 18.3 Å². The molecule has 164 valence electrons. The molecule has 7 nitrogen and oxygen atoms in total. The first-order valence-corrected chi connectivity index (χ1v) is 12.5. The number of nitrogens with zero attached hydrogens (tertiary/aromatic N) is 3. The van der Waals surface area contributed by atoms with E-state index in [-0.39, 0.29) is 18.0 Å². The predicted molar refractivity (Wildman–Crippen MR) is 121 cm³/mol. The molecule has 0 bridgehead atoms. The van der Waals surface area contributed by atoms with Crippen LogP contribution in [0, 0.1) is 0 Å². The molecular formula is C21H28BrN3O4S. The molecule has 9 heteroatoms. The zero-order chi connectivity index (χ0) is 21.5. The lowest BCUT2D eigenvalue weighted by atomic mass is 10.0. The Morgan fingerprint density at radius 3 is 2.37 bits per heavy atom. The summed E-state index contributed by atoms with van der Waals surface area (Å²) < 4.78 is 36.0. The summed E-state index contributed by atoms with van der Waals surface area (Å²) in [5.74, 6) is 0.274. The van der Waals surface area contributed by atoms with E-state index < -0.39 is 10.2 Å². The zero-order valence-corrected chi connectivity index (χ0v) is 19.7. The van der Waals surface area contributed by atoms with Crippen LogP contribution in [0.2, 0.25) is 0 Å². The van der Waals surface area contributed by atoms with Gasteiger partial charge in [0.05, 0.1) is 12.2 Å². The maximum atomic E-state index is 13.1. The second-order valence-electron chi connectivity index (χ2n) is 8.19. The molecule has 4 rings (SSSR count). The summed E-state index contributed by atoms with van der Waals surface area (Å²) in [6, 6.07) is 9.66. The van der Waals surface area contributed by atoms with E-state index in [1.54, 1.807) is 14.7 Å². The number of rotatable bonds is 4. The molecule has 0 spiro atoms. The summed E-state index contributed by atoms with van der Waals surface area (Å²) in [7, 11) is -3.49. The van der Waals surface area contributed by atoms with Crippen LogP contribution < -0.4 is 0 Å². The lowest BCUT2D eigenvalue weighted by molar-refractivity contribution is -0.0457. The molecular weight excluding hydrogens is 470 g/mol. The first kappa shape index (κ1) is 22.0. The Morgan fingerprint density at radius 2 is 1.70 bits per heavy atom. The van der Waals surface area contributed by atoms with Crippen LogP contribution in [0.25, 0.3) is 10.8 Å².